The summed E-state index contributed by atoms with van der Waals surface area (Å²) in [5, 5.41) is 3.37. The van der Waals surface area contributed by atoms with E-state index in [1.54, 1.807) is 0 Å². The van der Waals surface area contributed by atoms with Crippen molar-refractivity contribution in [3.8, 4) is 5.75 Å². The van der Waals surface area contributed by atoms with Crippen molar-refractivity contribution >= 4 is 0 Å². The monoisotopic (exact) mass is 232 g/mol. The normalized spacial score (nSPS) is 20.9. The third-order valence-electron chi connectivity index (χ3n) is 3.87. The number of benzene rings is 1. The van der Waals surface area contributed by atoms with E-state index in [1.165, 1.54) is 11.1 Å². The van der Waals surface area contributed by atoms with Gasteiger partial charge in [-0.05, 0) is 31.3 Å². The number of hydrogen-bond acceptors (Lipinski definition) is 3. The molecule has 1 aromatic carbocycles. The number of hydrogen-bond donors (Lipinski definition) is 1. The molecule has 0 spiro atoms. The lowest BCUT2D eigenvalue weighted by Gasteiger charge is -2.39. The Hall–Kier alpha value is -1.06. The molecule has 2 aliphatic heterocycles. The van der Waals surface area contributed by atoms with Crippen molar-refractivity contribution in [2.24, 2.45) is 5.92 Å². The fourth-order valence-corrected chi connectivity index (χ4v) is 2.92. The molecule has 3 heteroatoms. The van der Waals surface area contributed by atoms with E-state index >= 15 is 0 Å². The van der Waals surface area contributed by atoms with Gasteiger partial charge in [0.25, 0.3) is 0 Å². The van der Waals surface area contributed by atoms with Gasteiger partial charge in [0.15, 0.2) is 0 Å². The first kappa shape index (κ1) is 11.1. The largest absolute Gasteiger partial charge is 0.493 e. The van der Waals surface area contributed by atoms with Crippen LogP contribution in [0.4, 0.5) is 0 Å². The molecule has 2 heterocycles. The summed E-state index contributed by atoms with van der Waals surface area (Å²) in [4.78, 5) is 2.34. The minimum Gasteiger partial charge on any atom is -0.493 e. The van der Waals surface area contributed by atoms with Gasteiger partial charge in [-0.15, -0.1) is 0 Å². The van der Waals surface area contributed by atoms with E-state index in [0.717, 1.165) is 37.8 Å². The number of rotatable bonds is 3. The third kappa shape index (κ3) is 1.94. The molecule has 1 N–H and O–H groups in total. The molecule has 2 aliphatic rings. The molecule has 1 saturated heterocycles. The Balaban J connectivity index is 1.90. The lowest BCUT2D eigenvalue weighted by atomic mass is 9.87. The van der Waals surface area contributed by atoms with Crippen molar-refractivity contribution in [2.75, 3.05) is 33.8 Å². The molecule has 92 valence electrons. The van der Waals surface area contributed by atoms with Crippen LogP contribution < -0.4 is 10.1 Å². The van der Waals surface area contributed by atoms with Crippen LogP contribution in [0.1, 0.15) is 17.2 Å². The molecule has 0 amide bonds. The van der Waals surface area contributed by atoms with Crippen molar-refractivity contribution in [1.29, 1.82) is 0 Å². The van der Waals surface area contributed by atoms with E-state index in [1.807, 2.05) is 0 Å². The van der Waals surface area contributed by atoms with Crippen molar-refractivity contribution < 1.29 is 4.74 Å². The number of nitrogens with one attached hydrogen (secondary N) is 1. The van der Waals surface area contributed by atoms with Gasteiger partial charge < -0.3 is 15.0 Å². The number of ether oxygens (including phenoxy) is 1. The van der Waals surface area contributed by atoms with E-state index in [-0.39, 0.29) is 0 Å². The standard InChI is InChI=1S/C14H20N2O/c1-16(2)14(12-8-15-9-12)11-3-4-13-10(7-11)5-6-17-13/h3-4,7,12,14-15H,5-6,8-9H2,1-2H3. The van der Waals surface area contributed by atoms with Crippen LogP contribution in [0.5, 0.6) is 5.75 Å². The molecular weight excluding hydrogens is 212 g/mol. The highest BCUT2D eigenvalue weighted by Crippen LogP contribution is 2.34. The summed E-state index contributed by atoms with van der Waals surface area (Å²) in [7, 11) is 4.35. The molecule has 17 heavy (non-hydrogen) atoms. The van der Waals surface area contributed by atoms with Gasteiger partial charge in [0.2, 0.25) is 0 Å². The van der Waals surface area contributed by atoms with Crippen molar-refractivity contribution in [1.82, 2.24) is 10.2 Å². The lowest BCUT2D eigenvalue weighted by Crippen LogP contribution is -2.48. The molecule has 0 saturated carbocycles. The first-order valence-corrected chi connectivity index (χ1v) is 6.38. The van der Waals surface area contributed by atoms with Crippen molar-refractivity contribution in [2.45, 2.75) is 12.5 Å². The molecule has 1 fully saturated rings. The Labute approximate surface area is 103 Å². The number of nitrogens with zero attached hydrogens (tertiary/aromatic N) is 1. The van der Waals surface area contributed by atoms with E-state index in [0.29, 0.717) is 6.04 Å². The van der Waals surface area contributed by atoms with Crippen LogP contribution in [-0.2, 0) is 6.42 Å². The van der Waals surface area contributed by atoms with Gasteiger partial charge >= 0.3 is 0 Å². The summed E-state index contributed by atoms with van der Waals surface area (Å²) in [5.74, 6) is 1.82. The Bertz CT molecular complexity index is 413. The van der Waals surface area contributed by atoms with Crippen molar-refractivity contribution in [3.05, 3.63) is 29.3 Å². The zero-order chi connectivity index (χ0) is 11.8. The zero-order valence-corrected chi connectivity index (χ0v) is 10.6. The van der Waals surface area contributed by atoms with Crippen LogP contribution in [0.15, 0.2) is 18.2 Å². The maximum absolute atomic E-state index is 5.57. The van der Waals surface area contributed by atoms with Gasteiger partial charge in [0.1, 0.15) is 5.75 Å². The minimum absolute atomic E-state index is 0.530. The fourth-order valence-electron chi connectivity index (χ4n) is 2.92. The molecule has 3 nitrogen and oxygen atoms in total. The summed E-state index contributed by atoms with van der Waals surface area (Å²) in [6.07, 6.45) is 1.06. The van der Waals surface area contributed by atoms with Gasteiger partial charge in [0, 0.05) is 31.5 Å². The van der Waals surface area contributed by atoms with E-state index in [9.17, 15) is 0 Å². The molecule has 0 radical (unpaired) electrons. The summed E-state index contributed by atoms with van der Waals surface area (Å²) in [6.45, 7) is 3.11. The van der Waals surface area contributed by atoms with Gasteiger partial charge in [-0.25, -0.2) is 0 Å². The van der Waals surface area contributed by atoms with Crippen LogP contribution in [0, 0.1) is 5.92 Å². The Morgan fingerprint density at radius 2 is 2.18 bits per heavy atom. The van der Waals surface area contributed by atoms with Crippen LogP contribution in [0.25, 0.3) is 0 Å². The topological polar surface area (TPSA) is 24.5 Å². The average Bonchev–Trinajstić information content (AvgIpc) is 2.69. The summed E-state index contributed by atoms with van der Waals surface area (Å²) >= 11 is 0. The second kappa shape index (κ2) is 4.31. The van der Waals surface area contributed by atoms with Gasteiger partial charge in [0.05, 0.1) is 6.61 Å². The molecular formula is C14H20N2O. The minimum atomic E-state index is 0.530. The van der Waals surface area contributed by atoms with Gasteiger partial charge in [-0.2, -0.15) is 0 Å². The van der Waals surface area contributed by atoms with Crippen LogP contribution in [-0.4, -0.2) is 38.7 Å². The second-order valence-electron chi connectivity index (χ2n) is 5.29. The van der Waals surface area contributed by atoms with Gasteiger partial charge in [-0.3, -0.25) is 0 Å². The quantitative estimate of drug-likeness (QED) is 0.853. The third-order valence-corrected chi connectivity index (χ3v) is 3.87. The van der Waals surface area contributed by atoms with E-state index < -0.39 is 0 Å². The van der Waals surface area contributed by atoms with Crippen LogP contribution >= 0.6 is 0 Å². The first-order chi connectivity index (χ1) is 8.25. The summed E-state index contributed by atoms with van der Waals surface area (Å²) in [6, 6.07) is 7.24. The SMILES string of the molecule is CN(C)C(c1ccc2c(c1)CCO2)C1CNC1. The van der Waals surface area contributed by atoms with E-state index in [2.05, 4.69) is 42.5 Å². The summed E-state index contributed by atoms with van der Waals surface area (Å²) in [5.41, 5.74) is 2.81. The highest BCUT2D eigenvalue weighted by molar-refractivity contribution is 5.41. The fraction of sp³-hybridized carbons (Fsp3) is 0.571. The maximum Gasteiger partial charge on any atom is 0.122 e. The predicted molar refractivity (Wildman–Crippen MR) is 68.4 cm³/mol. The Kier molecular flexibility index (Phi) is 2.81. The average molecular weight is 232 g/mol. The molecule has 0 aromatic heterocycles. The molecule has 1 atom stereocenters. The molecule has 0 bridgehead atoms. The molecule has 0 aliphatic carbocycles. The zero-order valence-electron chi connectivity index (χ0n) is 10.6. The van der Waals surface area contributed by atoms with Crippen LogP contribution in [0.3, 0.4) is 0 Å². The molecule has 3 rings (SSSR count). The lowest BCUT2D eigenvalue weighted by molar-refractivity contribution is 0.161. The van der Waals surface area contributed by atoms with Gasteiger partial charge in [-0.1, -0.05) is 12.1 Å². The Morgan fingerprint density at radius 1 is 1.35 bits per heavy atom. The highest BCUT2D eigenvalue weighted by atomic mass is 16.5. The van der Waals surface area contributed by atoms with Crippen molar-refractivity contribution in [3.63, 3.8) is 0 Å². The molecule has 1 unspecified atom stereocenters. The first-order valence-electron chi connectivity index (χ1n) is 6.38. The predicted octanol–water partition coefficient (Wildman–Crippen LogP) is 1.44. The highest BCUT2D eigenvalue weighted by Gasteiger charge is 2.30. The summed E-state index contributed by atoms with van der Waals surface area (Å²) < 4.78 is 5.57. The molecule has 1 aromatic rings. The van der Waals surface area contributed by atoms with Crippen LogP contribution in [0.2, 0.25) is 0 Å². The second-order valence-corrected chi connectivity index (χ2v) is 5.29. The smallest absolute Gasteiger partial charge is 0.122 e. The van der Waals surface area contributed by atoms with E-state index in [4.69, 9.17) is 4.74 Å². The maximum atomic E-state index is 5.57. The Morgan fingerprint density at radius 3 is 2.82 bits per heavy atom. The number of fused-ring (bicyclic) bond motifs is 1.